The van der Waals surface area contributed by atoms with Gasteiger partial charge in [-0.2, -0.15) is 0 Å². The Morgan fingerprint density at radius 3 is 2.90 bits per heavy atom. The number of nitro benzene ring substituents is 1. The van der Waals surface area contributed by atoms with Crippen LogP contribution in [-0.2, 0) is 6.54 Å². The number of nitro groups is 1. The minimum absolute atomic E-state index is 0.153. The highest BCUT2D eigenvalue weighted by molar-refractivity contribution is 5.64. The number of anilines is 1. The average Bonchev–Trinajstić information content (AvgIpc) is 2.91. The van der Waals surface area contributed by atoms with E-state index in [0.717, 1.165) is 25.1 Å². The van der Waals surface area contributed by atoms with Crippen LogP contribution in [0.3, 0.4) is 0 Å². The fraction of sp³-hybridized carbons (Fsp3) is 0.357. The van der Waals surface area contributed by atoms with Gasteiger partial charge in [0.1, 0.15) is 5.69 Å². The molecule has 6 heteroatoms. The van der Waals surface area contributed by atoms with Crippen LogP contribution in [0.15, 0.2) is 36.9 Å². The van der Waals surface area contributed by atoms with Crippen molar-refractivity contribution in [3.8, 4) is 0 Å². The molecule has 0 spiro atoms. The molecule has 0 saturated heterocycles. The van der Waals surface area contributed by atoms with Crippen LogP contribution in [0.1, 0.15) is 12.0 Å². The summed E-state index contributed by atoms with van der Waals surface area (Å²) in [5.41, 5.74) is 1.84. The van der Waals surface area contributed by atoms with Crippen LogP contribution >= 0.6 is 0 Å². The van der Waals surface area contributed by atoms with E-state index >= 15 is 0 Å². The van der Waals surface area contributed by atoms with Gasteiger partial charge in [-0.15, -0.1) is 0 Å². The second-order valence-electron chi connectivity index (χ2n) is 4.82. The molecule has 0 saturated carbocycles. The number of nitrogens with zero attached hydrogens (tertiary/aromatic N) is 4. The normalized spacial score (nSPS) is 10.5. The summed E-state index contributed by atoms with van der Waals surface area (Å²) in [6.07, 6.45) is 6.33. The Hall–Kier alpha value is -2.37. The summed E-state index contributed by atoms with van der Waals surface area (Å²) in [5.74, 6) is 0. The van der Waals surface area contributed by atoms with Gasteiger partial charge in [0.15, 0.2) is 0 Å². The first-order valence-electron chi connectivity index (χ1n) is 6.50. The van der Waals surface area contributed by atoms with Gasteiger partial charge in [-0.05, 0) is 25.0 Å². The molecule has 0 amide bonds. The third-order valence-corrected chi connectivity index (χ3v) is 3.21. The highest BCUT2D eigenvalue weighted by Crippen LogP contribution is 2.28. The molecule has 0 bridgehead atoms. The molecule has 0 aliphatic carbocycles. The molecular formula is C14H18N4O2. The van der Waals surface area contributed by atoms with Crippen molar-refractivity contribution in [3.05, 3.63) is 52.6 Å². The van der Waals surface area contributed by atoms with Crippen LogP contribution in [0.5, 0.6) is 0 Å². The van der Waals surface area contributed by atoms with Crippen molar-refractivity contribution in [2.45, 2.75) is 19.9 Å². The monoisotopic (exact) mass is 274 g/mol. The Morgan fingerprint density at radius 2 is 2.25 bits per heavy atom. The highest BCUT2D eigenvalue weighted by Gasteiger charge is 2.16. The van der Waals surface area contributed by atoms with Gasteiger partial charge in [-0.3, -0.25) is 10.1 Å². The lowest BCUT2D eigenvalue weighted by Gasteiger charge is -2.19. The zero-order chi connectivity index (χ0) is 14.5. The quantitative estimate of drug-likeness (QED) is 0.600. The first kappa shape index (κ1) is 14.0. The standard InChI is InChI=1S/C14H18N4O2/c1-12-4-5-13(18(19)20)14(10-12)16(2)7-3-8-17-9-6-15-11-17/h4-6,9-11H,3,7-8H2,1-2H3. The van der Waals surface area contributed by atoms with Crippen LogP contribution in [0.4, 0.5) is 11.4 Å². The largest absolute Gasteiger partial charge is 0.369 e. The van der Waals surface area contributed by atoms with Crippen LogP contribution in [-0.4, -0.2) is 28.1 Å². The molecule has 0 N–H and O–H groups in total. The second-order valence-corrected chi connectivity index (χ2v) is 4.82. The van der Waals surface area contributed by atoms with Crippen molar-refractivity contribution in [2.24, 2.45) is 0 Å². The first-order valence-corrected chi connectivity index (χ1v) is 6.50. The van der Waals surface area contributed by atoms with Crippen molar-refractivity contribution >= 4 is 11.4 Å². The third kappa shape index (κ3) is 3.34. The van der Waals surface area contributed by atoms with Gasteiger partial charge >= 0.3 is 0 Å². The van der Waals surface area contributed by atoms with E-state index in [0.29, 0.717) is 5.69 Å². The Labute approximate surface area is 117 Å². The molecule has 0 aliphatic rings. The molecule has 0 fully saturated rings. The zero-order valence-corrected chi connectivity index (χ0v) is 11.7. The van der Waals surface area contributed by atoms with E-state index in [1.807, 2.05) is 35.7 Å². The number of aryl methyl sites for hydroxylation is 2. The minimum Gasteiger partial charge on any atom is -0.369 e. The van der Waals surface area contributed by atoms with Crippen molar-refractivity contribution < 1.29 is 4.92 Å². The molecule has 20 heavy (non-hydrogen) atoms. The Balaban J connectivity index is 2.02. The molecule has 2 aromatic rings. The number of hydrogen-bond acceptors (Lipinski definition) is 4. The number of rotatable bonds is 6. The Morgan fingerprint density at radius 1 is 1.45 bits per heavy atom. The van der Waals surface area contributed by atoms with Gasteiger partial charge in [0.25, 0.3) is 5.69 Å². The molecule has 1 aromatic heterocycles. The van der Waals surface area contributed by atoms with E-state index in [1.54, 1.807) is 24.7 Å². The fourth-order valence-corrected chi connectivity index (χ4v) is 2.12. The summed E-state index contributed by atoms with van der Waals surface area (Å²) in [5, 5.41) is 11.1. The maximum atomic E-state index is 11.1. The lowest BCUT2D eigenvalue weighted by molar-refractivity contribution is -0.384. The molecule has 6 nitrogen and oxygen atoms in total. The summed E-state index contributed by atoms with van der Waals surface area (Å²) in [7, 11) is 1.88. The van der Waals surface area contributed by atoms with Gasteiger partial charge in [0, 0.05) is 38.6 Å². The molecule has 0 radical (unpaired) electrons. The Kier molecular flexibility index (Phi) is 4.34. The highest BCUT2D eigenvalue weighted by atomic mass is 16.6. The number of imidazole rings is 1. The molecule has 1 heterocycles. The van der Waals surface area contributed by atoms with Gasteiger partial charge < -0.3 is 9.47 Å². The average molecular weight is 274 g/mol. The van der Waals surface area contributed by atoms with Gasteiger partial charge in [0.2, 0.25) is 0 Å². The smallest absolute Gasteiger partial charge is 0.292 e. The van der Waals surface area contributed by atoms with Crippen molar-refractivity contribution in [1.29, 1.82) is 0 Å². The van der Waals surface area contributed by atoms with Crippen LogP contribution in [0.2, 0.25) is 0 Å². The number of benzene rings is 1. The van der Waals surface area contributed by atoms with E-state index in [1.165, 1.54) is 0 Å². The maximum Gasteiger partial charge on any atom is 0.292 e. The van der Waals surface area contributed by atoms with Crippen molar-refractivity contribution in [3.63, 3.8) is 0 Å². The van der Waals surface area contributed by atoms with E-state index in [9.17, 15) is 10.1 Å². The van der Waals surface area contributed by atoms with E-state index in [-0.39, 0.29) is 10.6 Å². The summed E-state index contributed by atoms with van der Waals surface area (Å²) < 4.78 is 2.00. The first-order chi connectivity index (χ1) is 9.58. The van der Waals surface area contributed by atoms with Crippen LogP contribution < -0.4 is 4.90 Å². The predicted octanol–water partition coefficient (Wildman–Crippen LogP) is 2.63. The SMILES string of the molecule is Cc1ccc([N+](=O)[O-])c(N(C)CCCn2ccnc2)c1. The van der Waals surface area contributed by atoms with Crippen molar-refractivity contribution in [1.82, 2.24) is 9.55 Å². The van der Waals surface area contributed by atoms with Gasteiger partial charge in [0.05, 0.1) is 11.3 Å². The van der Waals surface area contributed by atoms with Crippen molar-refractivity contribution in [2.75, 3.05) is 18.5 Å². The number of hydrogen-bond donors (Lipinski definition) is 0. The van der Waals surface area contributed by atoms with Crippen LogP contribution in [0, 0.1) is 17.0 Å². The molecule has 0 unspecified atom stereocenters. The number of aromatic nitrogens is 2. The van der Waals surface area contributed by atoms with E-state index in [2.05, 4.69) is 4.98 Å². The van der Waals surface area contributed by atoms with E-state index < -0.39 is 0 Å². The van der Waals surface area contributed by atoms with Crippen LogP contribution in [0.25, 0.3) is 0 Å². The molecule has 0 aliphatic heterocycles. The van der Waals surface area contributed by atoms with Gasteiger partial charge in [-0.1, -0.05) is 6.07 Å². The summed E-state index contributed by atoms with van der Waals surface area (Å²) in [6, 6.07) is 5.19. The minimum atomic E-state index is -0.332. The molecule has 0 atom stereocenters. The lowest BCUT2D eigenvalue weighted by atomic mass is 10.1. The predicted molar refractivity (Wildman–Crippen MR) is 77.9 cm³/mol. The topological polar surface area (TPSA) is 64.2 Å². The molecule has 2 rings (SSSR count). The molecular weight excluding hydrogens is 256 g/mol. The maximum absolute atomic E-state index is 11.1. The fourth-order valence-electron chi connectivity index (χ4n) is 2.12. The lowest BCUT2D eigenvalue weighted by Crippen LogP contribution is -2.21. The molecule has 106 valence electrons. The summed E-state index contributed by atoms with van der Waals surface area (Å²) in [4.78, 5) is 16.7. The Bertz CT molecular complexity index is 581. The van der Waals surface area contributed by atoms with Gasteiger partial charge in [-0.25, -0.2) is 4.98 Å². The summed E-state index contributed by atoms with van der Waals surface area (Å²) >= 11 is 0. The van der Waals surface area contributed by atoms with E-state index in [4.69, 9.17) is 0 Å². The zero-order valence-electron chi connectivity index (χ0n) is 11.7. The third-order valence-electron chi connectivity index (χ3n) is 3.21. The second kappa shape index (κ2) is 6.18. The summed E-state index contributed by atoms with van der Waals surface area (Å²) in [6.45, 7) is 3.54. The molecule has 1 aromatic carbocycles.